The van der Waals surface area contributed by atoms with Gasteiger partial charge in [0.1, 0.15) is 12.4 Å². The van der Waals surface area contributed by atoms with Crippen LogP contribution in [0.4, 0.5) is 11.4 Å². The van der Waals surface area contributed by atoms with Crippen molar-refractivity contribution in [2.75, 3.05) is 31.0 Å². The molecule has 0 aliphatic rings. The fraction of sp³-hybridized carbons (Fsp3) is 0.263. The van der Waals surface area contributed by atoms with Gasteiger partial charge in [0.2, 0.25) is 5.91 Å². The van der Waals surface area contributed by atoms with Crippen LogP contribution in [-0.2, 0) is 9.53 Å². The Hall–Kier alpha value is -2.38. The van der Waals surface area contributed by atoms with Gasteiger partial charge in [0.25, 0.3) is 5.91 Å². The van der Waals surface area contributed by atoms with Gasteiger partial charge in [-0.25, -0.2) is 0 Å². The number of methoxy groups -OCH3 is 1. The summed E-state index contributed by atoms with van der Waals surface area (Å²) in [5.41, 5.74) is 1.60. The molecular formula is C19H21BrN2O4. The zero-order valence-electron chi connectivity index (χ0n) is 14.7. The molecule has 0 fully saturated rings. The van der Waals surface area contributed by atoms with Gasteiger partial charge < -0.3 is 20.1 Å². The van der Waals surface area contributed by atoms with Crippen LogP contribution in [0.25, 0.3) is 0 Å². The van der Waals surface area contributed by atoms with Crippen LogP contribution in [0.3, 0.4) is 0 Å². The van der Waals surface area contributed by atoms with E-state index in [0.29, 0.717) is 42.3 Å². The van der Waals surface area contributed by atoms with E-state index >= 15 is 0 Å². The zero-order valence-corrected chi connectivity index (χ0v) is 16.3. The highest BCUT2D eigenvalue weighted by atomic mass is 79.9. The van der Waals surface area contributed by atoms with E-state index in [9.17, 15) is 9.59 Å². The summed E-state index contributed by atoms with van der Waals surface area (Å²) >= 11 is 3.37. The Morgan fingerprint density at radius 3 is 2.46 bits per heavy atom. The second kappa shape index (κ2) is 9.94. The van der Waals surface area contributed by atoms with Crippen LogP contribution < -0.4 is 15.4 Å². The number of anilines is 2. The van der Waals surface area contributed by atoms with Crippen molar-refractivity contribution in [1.29, 1.82) is 0 Å². The van der Waals surface area contributed by atoms with E-state index in [1.165, 1.54) is 0 Å². The second-order valence-corrected chi connectivity index (χ2v) is 6.33. The van der Waals surface area contributed by atoms with E-state index in [1.54, 1.807) is 56.5 Å². The normalized spacial score (nSPS) is 10.3. The predicted molar refractivity (Wildman–Crippen MR) is 105 cm³/mol. The van der Waals surface area contributed by atoms with Gasteiger partial charge in [0.15, 0.2) is 0 Å². The summed E-state index contributed by atoms with van der Waals surface area (Å²) in [4.78, 5) is 24.2. The first-order chi connectivity index (χ1) is 12.5. The number of benzene rings is 2. The Morgan fingerprint density at radius 1 is 1.04 bits per heavy atom. The molecule has 0 saturated carbocycles. The molecular weight excluding hydrogens is 400 g/mol. The van der Waals surface area contributed by atoms with Crippen molar-refractivity contribution in [2.24, 2.45) is 0 Å². The number of halogens is 1. The largest absolute Gasteiger partial charge is 0.490 e. The van der Waals surface area contributed by atoms with Gasteiger partial charge in [-0.2, -0.15) is 0 Å². The van der Waals surface area contributed by atoms with Crippen LogP contribution in [0.15, 0.2) is 46.9 Å². The first kappa shape index (κ1) is 19.9. The van der Waals surface area contributed by atoms with Crippen molar-refractivity contribution in [3.8, 4) is 5.75 Å². The van der Waals surface area contributed by atoms with E-state index in [-0.39, 0.29) is 11.8 Å². The molecule has 0 aliphatic heterocycles. The maximum atomic E-state index is 12.7. The van der Waals surface area contributed by atoms with Crippen LogP contribution >= 0.6 is 15.9 Å². The van der Waals surface area contributed by atoms with Crippen molar-refractivity contribution >= 4 is 39.1 Å². The summed E-state index contributed by atoms with van der Waals surface area (Å²) in [7, 11) is 1.59. The van der Waals surface area contributed by atoms with Crippen LogP contribution in [-0.4, -0.2) is 32.1 Å². The molecule has 0 saturated heterocycles. The Labute approximate surface area is 161 Å². The maximum absolute atomic E-state index is 12.7. The standard InChI is InChI=1S/C19H21BrN2O4/c1-3-18(23)21-14-5-4-6-15(12-14)22-19(24)16-11-13(20)7-8-17(16)26-10-9-25-2/h4-8,11-12H,3,9-10H2,1-2H3,(H,21,23)(H,22,24). The number of hydrogen-bond donors (Lipinski definition) is 2. The van der Waals surface area contributed by atoms with Gasteiger partial charge in [-0.05, 0) is 36.4 Å². The highest BCUT2D eigenvalue weighted by Gasteiger charge is 2.14. The number of carbonyl (C=O) groups is 2. The molecule has 0 aliphatic carbocycles. The molecule has 7 heteroatoms. The summed E-state index contributed by atoms with van der Waals surface area (Å²) in [5.74, 6) is 0.0742. The fourth-order valence-electron chi connectivity index (χ4n) is 2.16. The Morgan fingerprint density at radius 2 is 1.77 bits per heavy atom. The molecule has 0 spiro atoms. The first-order valence-corrected chi connectivity index (χ1v) is 8.95. The third-order valence-corrected chi connectivity index (χ3v) is 3.95. The minimum atomic E-state index is -0.308. The van der Waals surface area contributed by atoms with E-state index in [2.05, 4.69) is 26.6 Å². The average molecular weight is 421 g/mol. The van der Waals surface area contributed by atoms with Crippen molar-refractivity contribution < 1.29 is 19.1 Å². The van der Waals surface area contributed by atoms with Crippen LogP contribution in [0.2, 0.25) is 0 Å². The quantitative estimate of drug-likeness (QED) is 0.630. The Bertz CT molecular complexity index is 780. The molecule has 2 aromatic rings. The molecule has 138 valence electrons. The van der Waals surface area contributed by atoms with Gasteiger partial charge in [0, 0.05) is 29.4 Å². The molecule has 2 amide bonds. The first-order valence-electron chi connectivity index (χ1n) is 8.16. The van der Waals surface area contributed by atoms with Crippen molar-refractivity contribution in [2.45, 2.75) is 13.3 Å². The molecule has 0 unspecified atom stereocenters. The predicted octanol–water partition coefficient (Wildman–Crippen LogP) is 4.08. The molecule has 26 heavy (non-hydrogen) atoms. The fourth-order valence-corrected chi connectivity index (χ4v) is 2.52. The lowest BCUT2D eigenvalue weighted by Crippen LogP contribution is -2.15. The van der Waals surface area contributed by atoms with Gasteiger partial charge in [-0.1, -0.05) is 28.9 Å². The monoisotopic (exact) mass is 420 g/mol. The van der Waals surface area contributed by atoms with Crippen LogP contribution in [0.1, 0.15) is 23.7 Å². The molecule has 2 aromatic carbocycles. The molecule has 0 bridgehead atoms. The number of nitrogens with one attached hydrogen (secondary N) is 2. The van der Waals surface area contributed by atoms with Gasteiger partial charge in [-0.15, -0.1) is 0 Å². The topological polar surface area (TPSA) is 76.7 Å². The summed E-state index contributed by atoms with van der Waals surface area (Å²) in [6.07, 6.45) is 0.386. The Kier molecular flexibility index (Phi) is 7.62. The smallest absolute Gasteiger partial charge is 0.259 e. The summed E-state index contributed by atoms with van der Waals surface area (Å²) in [5, 5.41) is 5.59. The molecule has 2 rings (SSSR count). The molecule has 0 radical (unpaired) electrons. The number of ether oxygens (including phenoxy) is 2. The van der Waals surface area contributed by atoms with Gasteiger partial charge in [0.05, 0.1) is 12.2 Å². The molecule has 0 heterocycles. The van der Waals surface area contributed by atoms with Crippen molar-refractivity contribution in [3.63, 3.8) is 0 Å². The Balaban J connectivity index is 2.15. The SMILES string of the molecule is CCC(=O)Nc1cccc(NC(=O)c2cc(Br)ccc2OCCOC)c1. The third-order valence-electron chi connectivity index (χ3n) is 3.46. The second-order valence-electron chi connectivity index (χ2n) is 5.42. The molecule has 0 aromatic heterocycles. The number of hydrogen-bond acceptors (Lipinski definition) is 4. The van der Waals surface area contributed by atoms with E-state index < -0.39 is 0 Å². The highest BCUT2D eigenvalue weighted by Crippen LogP contribution is 2.25. The lowest BCUT2D eigenvalue weighted by Gasteiger charge is -2.13. The average Bonchev–Trinajstić information content (AvgIpc) is 2.63. The zero-order chi connectivity index (χ0) is 18.9. The summed E-state index contributed by atoms with van der Waals surface area (Å²) in [6, 6.07) is 12.2. The highest BCUT2D eigenvalue weighted by molar-refractivity contribution is 9.10. The van der Waals surface area contributed by atoms with Crippen LogP contribution in [0, 0.1) is 0 Å². The van der Waals surface area contributed by atoms with Crippen molar-refractivity contribution in [3.05, 3.63) is 52.5 Å². The summed E-state index contributed by atoms with van der Waals surface area (Å²) in [6.45, 7) is 2.55. The lowest BCUT2D eigenvalue weighted by atomic mass is 10.1. The number of rotatable bonds is 8. The minimum Gasteiger partial charge on any atom is -0.490 e. The van der Waals surface area contributed by atoms with E-state index in [1.807, 2.05) is 0 Å². The molecule has 6 nitrogen and oxygen atoms in total. The third kappa shape index (κ3) is 5.86. The van der Waals surface area contributed by atoms with Crippen molar-refractivity contribution in [1.82, 2.24) is 0 Å². The van der Waals surface area contributed by atoms with E-state index in [4.69, 9.17) is 9.47 Å². The summed E-state index contributed by atoms with van der Waals surface area (Å²) < 4.78 is 11.4. The minimum absolute atomic E-state index is 0.0886. The van der Waals surface area contributed by atoms with E-state index in [0.717, 1.165) is 4.47 Å². The number of amides is 2. The molecule has 0 atom stereocenters. The van der Waals surface area contributed by atoms with Crippen LogP contribution in [0.5, 0.6) is 5.75 Å². The maximum Gasteiger partial charge on any atom is 0.259 e. The van der Waals surface area contributed by atoms with Gasteiger partial charge >= 0.3 is 0 Å². The molecule has 2 N–H and O–H groups in total. The lowest BCUT2D eigenvalue weighted by molar-refractivity contribution is -0.115. The number of carbonyl (C=O) groups excluding carboxylic acids is 2. The van der Waals surface area contributed by atoms with Gasteiger partial charge in [-0.3, -0.25) is 9.59 Å².